The lowest BCUT2D eigenvalue weighted by molar-refractivity contribution is -0.156. The van der Waals surface area contributed by atoms with Gasteiger partial charge in [0.05, 0.1) is 18.1 Å². The standard InChI is InChI=1S/C10H18O3/c1-4-13-9(11)8-6-5-7(2)10(8,3)12/h7-8,12H,4-6H2,1-3H3/t7-,8+,10-/m0/s1. The summed E-state index contributed by atoms with van der Waals surface area (Å²) >= 11 is 0. The van der Waals surface area contributed by atoms with Crippen molar-refractivity contribution in [1.82, 2.24) is 0 Å². The summed E-state index contributed by atoms with van der Waals surface area (Å²) in [7, 11) is 0. The van der Waals surface area contributed by atoms with Gasteiger partial charge < -0.3 is 9.84 Å². The molecule has 76 valence electrons. The molecular formula is C10H18O3. The van der Waals surface area contributed by atoms with Gasteiger partial charge in [-0.25, -0.2) is 0 Å². The maximum Gasteiger partial charge on any atom is 0.311 e. The topological polar surface area (TPSA) is 46.5 Å². The van der Waals surface area contributed by atoms with Crippen molar-refractivity contribution in [3.05, 3.63) is 0 Å². The predicted octanol–water partition coefficient (Wildman–Crippen LogP) is 1.35. The minimum Gasteiger partial charge on any atom is -0.466 e. The molecule has 0 bridgehead atoms. The van der Waals surface area contributed by atoms with Crippen molar-refractivity contribution < 1.29 is 14.6 Å². The number of rotatable bonds is 2. The van der Waals surface area contributed by atoms with E-state index in [2.05, 4.69) is 0 Å². The summed E-state index contributed by atoms with van der Waals surface area (Å²) in [5.41, 5.74) is -0.883. The summed E-state index contributed by atoms with van der Waals surface area (Å²) in [4.78, 5) is 11.4. The van der Waals surface area contributed by atoms with E-state index < -0.39 is 5.60 Å². The number of carbonyl (C=O) groups is 1. The van der Waals surface area contributed by atoms with Crippen LogP contribution in [-0.2, 0) is 9.53 Å². The van der Waals surface area contributed by atoms with Crippen LogP contribution in [0.15, 0.2) is 0 Å². The first kappa shape index (κ1) is 10.5. The molecule has 1 saturated carbocycles. The Morgan fingerprint density at radius 3 is 2.62 bits per heavy atom. The number of hydrogen-bond acceptors (Lipinski definition) is 3. The predicted molar refractivity (Wildman–Crippen MR) is 49.1 cm³/mol. The third-order valence-electron chi connectivity index (χ3n) is 3.16. The molecule has 0 radical (unpaired) electrons. The Morgan fingerprint density at radius 2 is 2.23 bits per heavy atom. The average molecular weight is 186 g/mol. The molecule has 0 aromatic rings. The number of ether oxygens (including phenoxy) is 1. The molecule has 0 saturated heterocycles. The van der Waals surface area contributed by atoms with Crippen LogP contribution in [0.3, 0.4) is 0 Å². The molecule has 1 N–H and O–H groups in total. The fourth-order valence-corrected chi connectivity index (χ4v) is 1.94. The van der Waals surface area contributed by atoms with Crippen molar-refractivity contribution in [1.29, 1.82) is 0 Å². The van der Waals surface area contributed by atoms with Crippen molar-refractivity contribution in [2.24, 2.45) is 11.8 Å². The smallest absolute Gasteiger partial charge is 0.311 e. The summed E-state index contributed by atoms with van der Waals surface area (Å²) in [5.74, 6) is -0.402. The zero-order valence-electron chi connectivity index (χ0n) is 8.54. The van der Waals surface area contributed by atoms with E-state index in [1.807, 2.05) is 6.92 Å². The normalized spacial score (nSPS) is 39.1. The van der Waals surface area contributed by atoms with E-state index >= 15 is 0 Å². The molecule has 1 fully saturated rings. The Hall–Kier alpha value is -0.570. The Morgan fingerprint density at radius 1 is 1.62 bits per heavy atom. The third-order valence-corrected chi connectivity index (χ3v) is 3.16. The minimum atomic E-state index is -0.883. The summed E-state index contributed by atoms with van der Waals surface area (Å²) in [6.45, 7) is 5.87. The molecular weight excluding hydrogens is 168 g/mol. The number of esters is 1. The van der Waals surface area contributed by atoms with Crippen LogP contribution in [0.25, 0.3) is 0 Å². The molecule has 3 atom stereocenters. The highest BCUT2D eigenvalue weighted by Gasteiger charge is 2.47. The second kappa shape index (κ2) is 3.66. The molecule has 13 heavy (non-hydrogen) atoms. The maximum atomic E-state index is 11.4. The van der Waals surface area contributed by atoms with Gasteiger partial charge >= 0.3 is 5.97 Å². The van der Waals surface area contributed by atoms with E-state index in [-0.39, 0.29) is 17.8 Å². The first-order valence-corrected chi connectivity index (χ1v) is 4.89. The molecule has 1 aliphatic rings. The Kier molecular flexibility index (Phi) is 2.96. The van der Waals surface area contributed by atoms with Crippen LogP contribution in [0.2, 0.25) is 0 Å². The van der Waals surface area contributed by atoms with Crippen LogP contribution in [0.1, 0.15) is 33.6 Å². The van der Waals surface area contributed by atoms with Gasteiger partial charge in [0.1, 0.15) is 0 Å². The van der Waals surface area contributed by atoms with Crippen molar-refractivity contribution in [3.8, 4) is 0 Å². The molecule has 0 amide bonds. The Balaban J connectivity index is 2.66. The zero-order chi connectivity index (χ0) is 10.1. The lowest BCUT2D eigenvalue weighted by Crippen LogP contribution is -2.39. The molecule has 0 spiro atoms. The molecule has 0 unspecified atom stereocenters. The molecule has 0 aliphatic heterocycles. The summed E-state index contributed by atoms with van der Waals surface area (Å²) in [6, 6.07) is 0. The minimum absolute atomic E-state index is 0.182. The van der Waals surface area contributed by atoms with Crippen LogP contribution in [0, 0.1) is 11.8 Å². The van der Waals surface area contributed by atoms with E-state index in [4.69, 9.17) is 4.74 Å². The lowest BCUT2D eigenvalue weighted by Gasteiger charge is -2.27. The fourth-order valence-electron chi connectivity index (χ4n) is 1.94. The number of hydrogen-bond donors (Lipinski definition) is 1. The average Bonchev–Trinajstić information content (AvgIpc) is 2.28. The van der Waals surface area contributed by atoms with E-state index in [1.54, 1.807) is 13.8 Å². The van der Waals surface area contributed by atoms with Gasteiger partial charge in [-0.3, -0.25) is 4.79 Å². The van der Waals surface area contributed by atoms with Crippen molar-refractivity contribution >= 4 is 5.97 Å². The van der Waals surface area contributed by atoms with Gasteiger partial charge in [-0.1, -0.05) is 6.92 Å². The first-order chi connectivity index (χ1) is 6.00. The highest BCUT2D eigenvalue weighted by Crippen LogP contribution is 2.40. The molecule has 1 rings (SSSR count). The van der Waals surface area contributed by atoms with Crippen molar-refractivity contribution in [2.75, 3.05) is 6.61 Å². The van der Waals surface area contributed by atoms with Gasteiger partial charge in [-0.2, -0.15) is 0 Å². The van der Waals surface area contributed by atoms with Crippen LogP contribution in [-0.4, -0.2) is 23.3 Å². The molecule has 3 nitrogen and oxygen atoms in total. The van der Waals surface area contributed by atoms with E-state index in [0.717, 1.165) is 12.8 Å². The van der Waals surface area contributed by atoms with Gasteiger partial charge in [0.15, 0.2) is 0 Å². The van der Waals surface area contributed by atoms with Gasteiger partial charge in [0.2, 0.25) is 0 Å². The largest absolute Gasteiger partial charge is 0.466 e. The van der Waals surface area contributed by atoms with Gasteiger partial charge in [-0.15, -0.1) is 0 Å². The molecule has 0 aromatic carbocycles. The third kappa shape index (κ3) is 1.85. The van der Waals surface area contributed by atoms with Crippen molar-refractivity contribution in [3.63, 3.8) is 0 Å². The van der Waals surface area contributed by atoms with E-state index in [0.29, 0.717) is 6.61 Å². The quantitative estimate of drug-likeness (QED) is 0.662. The number of carbonyl (C=O) groups excluding carboxylic acids is 1. The summed E-state index contributed by atoms with van der Waals surface area (Å²) in [5, 5.41) is 10.0. The molecule has 0 heterocycles. The Bertz CT molecular complexity index is 198. The van der Waals surface area contributed by atoms with Crippen LogP contribution < -0.4 is 0 Å². The summed E-state index contributed by atoms with van der Waals surface area (Å²) in [6.07, 6.45) is 1.64. The highest BCUT2D eigenvalue weighted by molar-refractivity contribution is 5.74. The number of aliphatic hydroxyl groups is 1. The zero-order valence-corrected chi connectivity index (χ0v) is 8.54. The second-order valence-electron chi connectivity index (χ2n) is 4.01. The monoisotopic (exact) mass is 186 g/mol. The van der Waals surface area contributed by atoms with Crippen LogP contribution in [0.5, 0.6) is 0 Å². The van der Waals surface area contributed by atoms with Gasteiger partial charge in [-0.05, 0) is 32.6 Å². The van der Waals surface area contributed by atoms with Crippen LogP contribution in [0.4, 0.5) is 0 Å². The van der Waals surface area contributed by atoms with E-state index in [1.165, 1.54) is 0 Å². The van der Waals surface area contributed by atoms with Gasteiger partial charge in [0.25, 0.3) is 0 Å². The van der Waals surface area contributed by atoms with E-state index in [9.17, 15) is 9.90 Å². The lowest BCUT2D eigenvalue weighted by atomic mass is 9.87. The maximum absolute atomic E-state index is 11.4. The molecule has 0 aromatic heterocycles. The SMILES string of the molecule is CCOC(=O)[C@H]1CC[C@H](C)[C@]1(C)O. The van der Waals surface area contributed by atoms with Gasteiger partial charge in [0, 0.05) is 0 Å². The molecule has 3 heteroatoms. The second-order valence-corrected chi connectivity index (χ2v) is 4.01. The van der Waals surface area contributed by atoms with Crippen molar-refractivity contribution in [2.45, 2.75) is 39.2 Å². The molecule has 1 aliphatic carbocycles. The first-order valence-electron chi connectivity index (χ1n) is 4.89. The summed E-state index contributed by atoms with van der Waals surface area (Å²) < 4.78 is 4.91. The Labute approximate surface area is 79.1 Å². The van der Waals surface area contributed by atoms with Crippen LogP contribution >= 0.6 is 0 Å². The highest BCUT2D eigenvalue weighted by atomic mass is 16.5. The fraction of sp³-hybridized carbons (Fsp3) is 0.900.